The van der Waals surface area contributed by atoms with E-state index < -0.39 is 23.9 Å². The second kappa shape index (κ2) is 12.3. The van der Waals surface area contributed by atoms with E-state index in [1.165, 1.54) is 36.9 Å². The lowest BCUT2D eigenvalue weighted by Gasteiger charge is -2.25. The van der Waals surface area contributed by atoms with Gasteiger partial charge in [0.2, 0.25) is 0 Å². The average molecular weight is 579 g/mol. The summed E-state index contributed by atoms with van der Waals surface area (Å²) in [7, 11) is 1.43. The largest absolute Gasteiger partial charge is 0.493 e. The Hall–Kier alpha value is -4.51. The molecule has 0 amide bonds. The van der Waals surface area contributed by atoms with Crippen LogP contribution in [-0.4, -0.2) is 36.2 Å². The van der Waals surface area contributed by atoms with Crippen LogP contribution in [0, 0.1) is 5.92 Å². The van der Waals surface area contributed by atoms with E-state index in [1.54, 1.807) is 55.5 Å². The van der Waals surface area contributed by atoms with Crippen molar-refractivity contribution in [3.63, 3.8) is 0 Å². The summed E-state index contributed by atoms with van der Waals surface area (Å²) in [5, 5.41) is 0. The van der Waals surface area contributed by atoms with E-state index in [-0.39, 0.29) is 35.2 Å². The Kier molecular flexibility index (Phi) is 8.87. The maximum atomic E-state index is 13.9. The molecule has 10 nitrogen and oxygen atoms in total. The highest BCUT2D eigenvalue weighted by molar-refractivity contribution is 7.07. The van der Waals surface area contributed by atoms with E-state index in [9.17, 15) is 19.2 Å². The van der Waals surface area contributed by atoms with Gasteiger partial charge >= 0.3 is 17.9 Å². The molecule has 0 saturated heterocycles. The average Bonchev–Trinajstić information content (AvgIpc) is 3.21. The SMILES string of the molecule is COc1cc(C2C(C(=O)OCC(C)C)=C(C)N=c3s/c(=C/c4ccc(OC(C)=O)cc4)c(=O)n32)ccc1OC(C)=O. The summed E-state index contributed by atoms with van der Waals surface area (Å²) in [5.74, 6) is -0.559. The van der Waals surface area contributed by atoms with Crippen molar-refractivity contribution >= 4 is 35.3 Å². The first kappa shape index (κ1) is 29.5. The fourth-order valence-corrected chi connectivity index (χ4v) is 5.31. The molecule has 0 spiro atoms. The summed E-state index contributed by atoms with van der Waals surface area (Å²) in [6.45, 7) is 8.36. The Morgan fingerprint density at radius 3 is 2.32 bits per heavy atom. The van der Waals surface area contributed by atoms with Gasteiger partial charge in [-0.2, -0.15) is 0 Å². The van der Waals surface area contributed by atoms with Crippen LogP contribution in [0.1, 0.15) is 51.8 Å². The van der Waals surface area contributed by atoms with Crippen molar-refractivity contribution in [3.05, 3.63) is 84.5 Å². The van der Waals surface area contributed by atoms with Crippen molar-refractivity contribution in [2.75, 3.05) is 13.7 Å². The summed E-state index contributed by atoms with van der Waals surface area (Å²) >= 11 is 1.18. The van der Waals surface area contributed by atoms with Crippen LogP contribution in [-0.2, 0) is 19.1 Å². The van der Waals surface area contributed by atoms with Gasteiger partial charge in [0.15, 0.2) is 16.3 Å². The summed E-state index contributed by atoms with van der Waals surface area (Å²) < 4.78 is 23.2. The quantitative estimate of drug-likeness (QED) is 0.295. The Balaban J connectivity index is 1.87. The molecule has 1 atom stereocenters. The molecule has 0 bridgehead atoms. The molecular weight excluding hydrogens is 548 g/mol. The first-order valence-corrected chi connectivity index (χ1v) is 13.6. The number of nitrogens with zero attached hydrogens (tertiary/aromatic N) is 2. The second-order valence-electron chi connectivity index (χ2n) is 9.74. The van der Waals surface area contributed by atoms with Crippen molar-refractivity contribution < 1.29 is 33.3 Å². The number of hydrogen-bond donors (Lipinski definition) is 0. The topological polar surface area (TPSA) is 122 Å². The minimum absolute atomic E-state index is 0.106. The zero-order chi connectivity index (χ0) is 29.8. The minimum atomic E-state index is -0.875. The number of methoxy groups -OCH3 is 1. The number of thiazole rings is 1. The van der Waals surface area contributed by atoms with E-state index in [0.717, 1.165) is 0 Å². The van der Waals surface area contributed by atoms with Gasteiger partial charge in [0.1, 0.15) is 5.75 Å². The van der Waals surface area contributed by atoms with Crippen LogP contribution < -0.4 is 29.1 Å². The van der Waals surface area contributed by atoms with Crippen LogP contribution in [0.3, 0.4) is 0 Å². The number of hydrogen-bond acceptors (Lipinski definition) is 10. The molecule has 0 saturated carbocycles. The van der Waals surface area contributed by atoms with Gasteiger partial charge in [-0.25, -0.2) is 9.79 Å². The predicted molar refractivity (Wildman–Crippen MR) is 152 cm³/mol. The van der Waals surface area contributed by atoms with Crippen molar-refractivity contribution in [2.45, 2.75) is 40.7 Å². The summed E-state index contributed by atoms with van der Waals surface area (Å²) in [6.07, 6.45) is 1.71. The summed E-state index contributed by atoms with van der Waals surface area (Å²) in [6, 6.07) is 10.7. The third-order valence-corrected chi connectivity index (χ3v) is 6.97. The monoisotopic (exact) mass is 578 g/mol. The molecule has 1 unspecified atom stereocenters. The smallest absolute Gasteiger partial charge is 0.338 e. The molecule has 0 radical (unpaired) electrons. The number of rotatable bonds is 8. The number of allylic oxidation sites excluding steroid dienone is 1. The molecule has 4 rings (SSSR count). The van der Waals surface area contributed by atoms with E-state index in [2.05, 4.69) is 4.99 Å². The molecule has 0 N–H and O–H groups in total. The van der Waals surface area contributed by atoms with Crippen LogP contribution in [0.15, 0.2) is 63.5 Å². The van der Waals surface area contributed by atoms with Gasteiger partial charge in [0, 0.05) is 13.8 Å². The van der Waals surface area contributed by atoms with Crippen molar-refractivity contribution in [1.29, 1.82) is 0 Å². The van der Waals surface area contributed by atoms with Gasteiger partial charge in [0.25, 0.3) is 5.56 Å². The van der Waals surface area contributed by atoms with Crippen LogP contribution in [0.2, 0.25) is 0 Å². The first-order chi connectivity index (χ1) is 19.5. The van der Waals surface area contributed by atoms with Crippen LogP contribution >= 0.6 is 11.3 Å². The minimum Gasteiger partial charge on any atom is -0.493 e. The lowest BCUT2D eigenvalue weighted by atomic mass is 9.95. The Morgan fingerprint density at radius 2 is 1.71 bits per heavy atom. The van der Waals surface area contributed by atoms with Gasteiger partial charge < -0.3 is 18.9 Å². The number of esters is 3. The van der Waals surface area contributed by atoms with Crippen molar-refractivity contribution in [2.24, 2.45) is 10.9 Å². The first-order valence-electron chi connectivity index (χ1n) is 12.8. The molecule has 3 aromatic rings. The maximum absolute atomic E-state index is 13.9. The Labute approximate surface area is 240 Å². The Bertz CT molecular complexity index is 1710. The fraction of sp³-hybridized carbons (Fsp3) is 0.300. The summed E-state index contributed by atoms with van der Waals surface area (Å²) in [4.78, 5) is 55.1. The standard InChI is InChI=1S/C30H30N2O8S/c1-16(2)15-38-29(36)26-17(3)31-30-32(27(26)21-9-12-23(40-19(5)34)24(14-21)37-6)28(35)25(41-30)13-20-7-10-22(11-8-20)39-18(4)33/h7-14,16,27H,15H2,1-6H3/b25-13+. The molecule has 41 heavy (non-hydrogen) atoms. The fourth-order valence-electron chi connectivity index (χ4n) is 4.26. The van der Waals surface area contributed by atoms with Gasteiger partial charge in [-0.15, -0.1) is 0 Å². The Morgan fingerprint density at radius 1 is 1.02 bits per heavy atom. The highest BCUT2D eigenvalue weighted by atomic mass is 32.1. The lowest BCUT2D eigenvalue weighted by Crippen LogP contribution is -2.40. The summed E-state index contributed by atoms with van der Waals surface area (Å²) in [5.41, 5.74) is 1.54. The number of ether oxygens (including phenoxy) is 4. The third-order valence-electron chi connectivity index (χ3n) is 5.99. The number of carbonyl (C=O) groups excluding carboxylic acids is 3. The second-order valence-corrected chi connectivity index (χ2v) is 10.7. The highest BCUT2D eigenvalue weighted by Crippen LogP contribution is 2.36. The lowest BCUT2D eigenvalue weighted by molar-refractivity contribution is -0.140. The van der Waals surface area contributed by atoms with Crippen LogP contribution in [0.4, 0.5) is 0 Å². The third kappa shape index (κ3) is 6.63. The van der Waals surface area contributed by atoms with Crippen molar-refractivity contribution in [1.82, 2.24) is 4.57 Å². The molecule has 1 aliphatic heterocycles. The normalized spacial score (nSPS) is 14.8. The molecular formula is C30H30N2O8S. The van der Waals surface area contributed by atoms with E-state index in [0.29, 0.717) is 31.9 Å². The van der Waals surface area contributed by atoms with Crippen LogP contribution in [0.5, 0.6) is 17.2 Å². The van der Waals surface area contributed by atoms with Crippen LogP contribution in [0.25, 0.3) is 6.08 Å². The maximum Gasteiger partial charge on any atom is 0.338 e. The van der Waals surface area contributed by atoms with E-state index in [1.807, 2.05) is 13.8 Å². The highest BCUT2D eigenvalue weighted by Gasteiger charge is 2.34. The van der Waals surface area contributed by atoms with Crippen molar-refractivity contribution in [3.8, 4) is 17.2 Å². The van der Waals surface area contributed by atoms with E-state index in [4.69, 9.17) is 18.9 Å². The van der Waals surface area contributed by atoms with Gasteiger partial charge in [-0.3, -0.25) is 19.0 Å². The van der Waals surface area contributed by atoms with Gasteiger partial charge in [0.05, 0.1) is 35.6 Å². The molecule has 1 aromatic heterocycles. The zero-order valence-corrected chi connectivity index (χ0v) is 24.4. The van der Waals surface area contributed by atoms with Gasteiger partial charge in [-0.1, -0.05) is 43.4 Å². The molecule has 0 aliphatic carbocycles. The van der Waals surface area contributed by atoms with E-state index >= 15 is 0 Å². The molecule has 11 heteroatoms. The molecule has 1 aliphatic rings. The molecule has 214 valence electrons. The molecule has 0 fully saturated rings. The zero-order valence-electron chi connectivity index (χ0n) is 23.5. The number of fused-ring (bicyclic) bond motifs is 1. The predicted octanol–water partition coefficient (Wildman–Crippen LogP) is 3.29. The number of aromatic nitrogens is 1. The van der Waals surface area contributed by atoms with Gasteiger partial charge in [-0.05, 0) is 54.3 Å². The molecule has 2 heterocycles. The number of benzene rings is 2. The number of carbonyl (C=O) groups is 3. The molecule has 2 aromatic carbocycles.